The van der Waals surface area contributed by atoms with Crippen LogP contribution in [0.3, 0.4) is 0 Å². The van der Waals surface area contributed by atoms with Crippen molar-refractivity contribution in [2.75, 3.05) is 13.1 Å². The van der Waals surface area contributed by atoms with Crippen LogP contribution in [0.2, 0.25) is 0 Å². The summed E-state index contributed by atoms with van der Waals surface area (Å²) in [6.45, 7) is 1.29. The van der Waals surface area contributed by atoms with Crippen LogP contribution in [0.4, 0.5) is 4.39 Å². The minimum Gasteiger partial charge on any atom is -0.344 e. The molecule has 1 aliphatic rings. The second-order valence-electron chi connectivity index (χ2n) is 4.98. The third-order valence-corrected chi connectivity index (χ3v) is 3.48. The van der Waals surface area contributed by atoms with E-state index in [1.165, 1.54) is 6.07 Å². The molecule has 0 atom stereocenters. The maximum absolute atomic E-state index is 13.4. The SMILES string of the molecule is O=C(NCc1ccccc1F)C(=O)N1CCCCCC1. The van der Waals surface area contributed by atoms with E-state index in [0.717, 1.165) is 25.7 Å². The number of rotatable bonds is 2. The Balaban J connectivity index is 1.88. The molecule has 2 amide bonds. The molecule has 5 heteroatoms. The van der Waals surface area contributed by atoms with E-state index >= 15 is 0 Å². The fourth-order valence-electron chi connectivity index (χ4n) is 2.31. The number of carbonyl (C=O) groups is 2. The normalized spacial score (nSPS) is 15.6. The number of hydrogen-bond donors (Lipinski definition) is 1. The van der Waals surface area contributed by atoms with Crippen LogP contribution >= 0.6 is 0 Å². The quantitative estimate of drug-likeness (QED) is 0.839. The molecule has 1 N–H and O–H groups in total. The summed E-state index contributed by atoms with van der Waals surface area (Å²) < 4.78 is 13.4. The number of nitrogens with one attached hydrogen (secondary N) is 1. The van der Waals surface area contributed by atoms with Crippen molar-refractivity contribution in [1.82, 2.24) is 10.2 Å². The van der Waals surface area contributed by atoms with E-state index in [1.54, 1.807) is 23.1 Å². The second kappa shape index (κ2) is 7.03. The lowest BCUT2D eigenvalue weighted by Gasteiger charge is -2.19. The van der Waals surface area contributed by atoms with Gasteiger partial charge in [-0.3, -0.25) is 9.59 Å². The van der Waals surface area contributed by atoms with Crippen molar-refractivity contribution in [3.8, 4) is 0 Å². The fourth-order valence-corrected chi connectivity index (χ4v) is 2.31. The molecule has 1 aromatic carbocycles. The van der Waals surface area contributed by atoms with Crippen molar-refractivity contribution in [2.24, 2.45) is 0 Å². The Morgan fingerprint density at radius 3 is 2.40 bits per heavy atom. The molecule has 4 nitrogen and oxygen atoms in total. The molecule has 1 fully saturated rings. The van der Waals surface area contributed by atoms with E-state index in [1.807, 2.05) is 0 Å². The fraction of sp³-hybridized carbons (Fsp3) is 0.467. The smallest absolute Gasteiger partial charge is 0.311 e. The molecular weight excluding hydrogens is 259 g/mol. The third-order valence-electron chi connectivity index (χ3n) is 3.48. The van der Waals surface area contributed by atoms with Crippen LogP contribution in [0.15, 0.2) is 24.3 Å². The van der Waals surface area contributed by atoms with Gasteiger partial charge in [0.25, 0.3) is 0 Å². The molecule has 0 spiro atoms. The molecule has 20 heavy (non-hydrogen) atoms. The zero-order valence-electron chi connectivity index (χ0n) is 11.4. The monoisotopic (exact) mass is 278 g/mol. The molecule has 0 saturated carbocycles. The van der Waals surface area contributed by atoms with Crippen molar-refractivity contribution in [3.63, 3.8) is 0 Å². The lowest BCUT2D eigenvalue weighted by atomic mass is 10.2. The molecule has 0 bridgehead atoms. The first kappa shape index (κ1) is 14.5. The highest BCUT2D eigenvalue weighted by atomic mass is 19.1. The van der Waals surface area contributed by atoms with Gasteiger partial charge in [-0.25, -0.2) is 4.39 Å². The summed E-state index contributed by atoms with van der Waals surface area (Å²) in [6, 6.07) is 6.20. The summed E-state index contributed by atoms with van der Waals surface area (Å²) in [4.78, 5) is 25.4. The minimum atomic E-state index is -0.657. The maximum atomic E-state index is 13.4. The highest BCUT2D eigenvalue weighted by molar-refractivity contribution is 6.34. The van der Waals surface area contributed by atoms with Crippen LogP contribution in [-0.2, 0) is 16.1 Å². The van der Waals surface area contributed by atoms with Crippen molar-refractivity contribution < 1.29 is 14.0 Å². The molecule has 0 radical (unpaired) electrons. The van der Waals surface area contributed by atoms with Crippen LogP contribution in [0, 0.1) is 5.82 Å². The molecule has 0 aliphatic carbocycles. The zero-order valence-corrected chi connectivity index (χ0v) is 11.4. The highest BCUT2D eigenvalue weighted by Gasteiger charge is 2.22. The van der Waals surface area contributed by atoms with E-state index < -0.39 is 11.8 Å². The molecule has 108 valence electrons. The second-order valence-corrected chi connectivity index (χ2v) is 4.98. The van der Waals surface area contributed by atoms with Gasteiger partial charge in [0.1, 0.15) is 5.82 Å². The van der Waals surface area contributed by atoms with E-state index in [9.17, 15) is 14.0 Å². The minimum absolute atomic E-state index is 0.0328. The zero-order chi connectivity index (χ0) is 14.4. The topological polar surface area (TPSA) is 49.4 Å². The Morgan fingerprint density at radius 2 is 1.75 bits per heavy atom. The Hall–Kier alpha value is -1.91. The molecule has 2 rings (SSSR count). The summed E-state index contributed by atoms with van der Waals surface area (Å²) in [5.74, 6) is -1.55. The molecular formula is C15H19FN2O2. The largest absolute Gasteiger partial charge is 0.344 e. The number of halogens is 1. The third kappa shape index (κ3) is 3.79. The van der Waals surface area contributed by atoms with Gasteiger partial charge in [-0.2, -0.15) is 0 Å². The van der Waals surface area contributed by atoms with Crippen molar-refractivity contribution in [1.29, 1.82) is 0 Å². The van der Waals surface area contributed by atoms with Crippen molar-refractivity contribution in [3.05, 3.63) is 35.6 Å². The van der Waals surface area contributed by atoms with Crippen LogP contribution in [0.25, 0.3) is 0 Å². The Labute approximate surface area is 118 Å². The van der Waals surface area contributed by atoms with Gasteiger partial charge in [0.15, 0.2) is 0 Å². The summed E-state index contributed by atoms with van der Waals surface area (Å²) in [7, 11) is 0. The first-order chi connectivity index (χ1) is 9.68. The molecule has 0 aromatic heterocycles. The van der Waals surface area contributed by atoms with Gasteiger partial charge in [-0.1, -0.05) is 31.0 Å². The van der Waals surface area contributed by atoms with Crippen LogP contribution < -0.4 is 5.32 Å². The van der Waals surface area contributed by atoms with Gasteiger partial charge in [0, 0.05) is 25.2 Å². The summed E-state index contributed by atoms with van der Waals surface area (Å²) >= 11 is 0. The van der Waals surface area contributed by atoms with Gasteiger partial charge >= 0.3 is 11.8 Å². The Kier molecular flexibility index (Phi) is 5.09. The molecule has 1 aromatic rings. The lowest BCUT2D eigenvalue weighted by Crippen LogP contribution is -2.43. The first-order valence-corrected chi connectivity index (χ1v) is 6.99. The molecule has 0 unspecified atom stereocenters. The molecule has 1 saturated heterocycles. The number of benzene rings is 1. The summed E-state index contributed by atoms with van der Waals surface area (Å²) in [5.41, 5.74) is 0.379. The van der Waals surface area contributed by atoms with E-state index in [2.05, 4.69) is 5.32 Å². The number of hydrogen-bond acceptors (Lipinski definition) is 2. The number of carbonyl (C=O) groups excluding carboxylic acids is 2. The van der Waals surface area contributed by atoms with Gasteiger partial charge in [-0.05, 0) is 18.9 Å². The number of nitrogens with zero attached hydrogens (tertiary/aromatic N) is 1. The predicted octanol–water partition coefficient (Wildman–Crippen LogP) is 1.84. The maximum Gasteiger partial charge on any atom is 0.311 e. The van der Waals surface area contributed by atoms with Gasteiger partial charge < -0.3 is 10.2 Å². The van der Waals surface area contributed by atoms with Crippen LogP contribution in [0.1, 0.15) is 31.2 Å². The molecule has 1 heterocycles. The van der Waals surface area contributed by atoms with Gasteiger partial charge in [0.2, 0.25) is 0 Å². The number of amides is 2. The van der Waals surface area contributed by atoms with Crippen LogP contribution in [-0.4, -0.2) is 29.8 Å². The average molecular weight is 278 g/mol. The van der Waals surface area contributed by atoms with Crippen molar-refractivity contribution in [2.45, 2.75) is 32.2 Å². The standard InChI is InChI=1S/C15H19FN2O2/c16-13-8-4-3-7-12(13)11-17-14(19)15(20)18-9-5-1-2-6-10-18/h3-4,7-8H,1-2,5-6,9-11H2,(H,17,19). The summed E-state index contributed by atoms with van der Waals surface area (Å²) in [5, 5.41) is 2.49. The van der Waals surface area contributed by atoms with Gasteiger partial charge in [-0.15, -0.1) is 0 Å². The van der Waals surface area contributed by atoms with E-state index in [4.69, 9.17) is 0 Å². The van der Waals surface area contributed by atoms with Crippen molar-refractivity contribution >= 4 is 11.8 Å². The van der Waals surface area contributed by atoms with Gasteiger partial charge in [0.05, 0.1) is 0 Å². The summed E-state index contributed by atoms with van der Waals surface area (Å²) in [6.07, 6.45) is 4.07. The predicted molar refractivity (Wildman–Crippen MR) is 73.3 cm³/mol. The Morgan fingerprint density at radius 1 is 1.10 bits per heavy atom. The van der Waals surface area contributed by atoms with E-state index in [-0.39, 0.29) is 12.4 Å². The van der Waals surface area contributed by atoms with Crippen LogP contribution in [0.5, 0.6) is 0 Å². The first-order valence-electron chi connectivity index (χ1n) is 6.99. The number of likely N-dealkylation sites (tertiary alicyclic amines) is 1. The van der Waals surface area contributed by atoms with E-state index in [0.29, 0.717) is 18.7 Å². The Bertz CT molecular complexity index is 483. The molecule has 1 aliphatic heterocycles. The highest BCUT2D eigenvalue weighted by Crippen LogP contribution is 2.10. The average Bonchev–Trinajstić information content (AvgIpc) is 2.74. The lowest BCUT2D eigenvalue weighted by molar-refractivity contribution is -0.145.